The summed E-state index contributed by atoms with van der Waals surface area (Å²) in [5.74, 6) is 0. The second-order valence-electron chi connectivity index (χ2n) is 14.5. The van der Waals surface area contributed by atoms with Gasteiger partial charge in [0.15, 0.2) is 0 Å². The molecule has 4 nitrogen and oxygen atoms in total. The molecule has 0 spiro atoms. The molecule has 6 aromatic carbocycles. The van der Waals surface area contributed by atoms with Gasteiger partial charge >= 0.3 is 0 Å². The Kier molecular flexibility index (Phi) is 16.2. The number of rotatable bonds is 6. The zero-order chi connectivity index (χ0) is 42.9. The molecule has 0 saturated carbocycles. The van der Waals surface area contributed by atoms with Crippen LogP contribution in [0.1, 0.15) is 22.3 Å². The Hall–Kier alpha value is -5.82. The SMILES string of the molecule is Brc1ccc2c(c1)C(c1c[c-]c(-c3ccccn3)cc1)(c1c[c-]c(-c3ccccn3)cc1)c1cc(Br)ccc1-2.[Ir].[Ir].[c-]1ccccc1-c1ccccn1.[c-]1ccccc1-c1ccccn1. The molecule has 0 N–H and O–H groups in total. The van der Waals surface area contributed by atoms with Gasteiger partial charge in [-0.2, -0.15) is 0 Å². The summed E-state index contributed by atoms with van der Waals surface area (Å²) in [4.78, 5) is 17.5. The van der Waals surface area contributed by atoms with Gasteiger partial charge in [-0.1, -0.05) is 92.5 Å². The zero-order valence-electron chi connectivity index (χ0n) is 34.5. The molecule has 10 aromatic rings. The van der Waals surface area contributed by atoms with E-state index in [9.17, 15) is 0 Å². The summed E-state index contributed by atoms with van der Waals surface area (Å²) < 4.78 is 2.08. The van der Waals surface area contributed by atoms with E-state index in [1.54, 1.807) is 12.4 Å². The van der Waals surface area contributed by atoms with E-state index in [-0.39, 0.29) is 40.2 Å². The Bertz CT molecular complexity index is 2750. The first-order chi connectivity index (χ1) is 31.1. The molecule has 1 aliphatic carbocycles. The fourth-order valence-electron chi connectivity index (χ4n) is 7.89. The van der Waals surface area contributed by atoms with Gasteiger partial charge in [-0.15, -0.1) is 143 Å². The minimum Gasteiger partial charge on any atom is -0.305 e. The number of aromatic nitrogens is 4. The molecular formula is C57H36Br2Ir2N4-4. The van der Waals surface area contributed by atoms with Crippen LogP contribution >= 0.6 is 31.9 Å². The molecule has 2 radical (unpaired) electrons. The van der Waals surface area contributed by atoms with Crippen molar-refractivity contribution >= 4 is 31.9 Å². The van der Waals surface area contributed by atoms with E-state index in [1.165, 1.54) is 22.3 Å². The van der Waals surface area contributed by atoms with E-state index in [1.807, 2.05) is 134 Å². The summed E-state index contributed by atoms with van der Waals surface area (Å²) in [5.41, 5.74) is 14.4. The van der Waals surface area contributed by atoms with Crippen LogP contribution < -0.4 is 0 Å². The second-order valence-corrected chi connectivity index (χ2v) is 16.4. The molecule has 4 aromatic heterocycles. The third-order valence-electron chi connectivity index (χ3n) is 10.7. The third-order valence-corrected chi connectivity index (χ3v) is 11.7. The van der Waals surface area contributed by atoms with E-state index in [0.29, 0.717) is 0 Å². The van der Waals surface area contributed by atoms with Crippen molar-refractivity contribution in [3.63, 3.8) is 0 Å². The predicted molar refractivity (Wildman–Crippen MR) is 260 cm³/mol. The summed E-state index contributed by atoms with van der Waals surface area (Å²) in [5, 5.41) is 0. The van der Waals surface area contributed by atoms with Crippen molar-refractivity contribution in [1.82, 2.24) is 19.9 Å². The predicted octanol–water partition coefficient (Wildman–Crippen LogP) is 14.4. The Morgan fingerprint density at radius 1 is 0.354 bits per heavy atom. The van der Waals surface area contributed by atoms with E-state index >= 15 is 0 Å². The first-order valence-electron chi connectivity index (χ1n) is 20.3. The summed E-state index contributed by atoms with van der Waals surface area (Å²) in [6.07, 6.45) is 7.21. The van der Waals surface area contributed by atoms with Gasteiger partial charge in [0.25, 0.3) is 0 Å². The van der Waals surface area contributed by atoms with Gasteiger partial charge in [0, 0.05) is 79.4 Å². The number of fused-ring (bicyclic) bond motifs is 3. The van der Waals surface area contributed by atoms with Crippen molar-refractivity contribution in [3.05, 3.63) is 274 Å². The number of benzene rings is 6. The zero-order valence-corrected chi connectivity index (χ0v) is 42.5. The van der Waals surface area contributed by atoms with Crippen LogP contribution in [0.4, 0.5) is 0 Å². The molecule has 0 unspecified atom stereocenters. The first-order valence-corrected chi connectivity index (χ1v) is 21.9. The van der Waals surface area contributed by atoms with Gasteiger partial charge < -0.3 is 19.9 Å². The van der Waals surface area contributed by atoms with Crippen molar-refractivity contribution in [2.24, 2.45) is 0 Å². The van der Waals surface area contributed by atoms with Gasteiger partial charge in [0.1, 0.15) is 0 Å². The average molecular weight is 1320 g/mol. The van der Waals surface area contributed by atoms with Crippen LogP contribution in [0.3, 0.4) is 0 Å². The van der Waals surface area contributed by atoms with Crippen LogP contribution in [0.15, 0.2) is 228 Å². The van der Waals surface area contributed by atoms with E-state index in [0.717, 1.165) is 65.1 Å². The number of nitrogens with zero attached hydrogens (tertiary/aromatic N) is 4. The molecule has 8 heteroatoms. The van der Waals surface area contributed by atoms with E-state index in [2.05, 4.69) is 149 Å². The fraction of sp³-hybridized carbons (Fsp3) is 0.0175. The Labute approximate surface area is 424 Å². The Morgan fingerprint density at radius 3 is 1.00 bits per heavy atom. The molecule has 1 aliphatic rings. The number of hydrogen-bond acceptors (Lipinski definition) is 4. The minimum atomic E-state index is -0.559. The van der Waals surface area contributed by atoms with Crippen LogP contribution in [0.5, 0.6) is 0 Å². The standard InChI is InChI=1S/C35H20Br2N2.2C11H8N.2Ir/c36-27-15-17-29-30-18-16-28(37)22-32(30)35(31(29)21-27,25-11-7-23(8-12-25)33-5-1-3-19-38-33)26-13-9-24(10-14-26)34-6-2-4-20-39-34;2*1-2-6-10(7-3-1)11-8-4-5-9-12-11;;/h1-7,9,11-22H;2*1-6,8-9H;;/q-2;2*-1;;. The molecule has 0 aliphatic heterocycles. The molecule has 0 bridgehead atoms. The van der Waals surface area contributed by atoms with Crippen molar-refractivity contribution < 1.29 is 40.2 Å². The summed E-state index contributed by atoms with van der Waals surface area (Å²) in [7, 11) is 0. The van der Waals surface area contributed by atoms with Gasteiger partial charge in [-0.3, -0.25) is 0 Å². The smallest absolute Gasteiger partial charge is 0.0178 e. The second kappa shape index (κ2) is 22.4. The van der Waals surface area contributed by atoms with Gasteiger partial charge in [-0.05, 0) is 93.6 Å². The van der Waals surface area contributed by atoms with Crippen LogP contribution in [0, 0.1) is 24.3 Å². The van der Waals surface area contributed by atoms with Gasteiger partial charge in [0.05, 0.1) is 0 Å². The van der Waals surface area contributed by atoms with Crippen LogP contribution in [0.2, 0.25) is 0 Å². The molecule has 0 amide bonds. The van der Waals surface area contributed by atoms with Crippen molar-refractivity contribution in [2.75, 3.05) is 0 Å². The fourth-order valence-corrected chi connectivity index (χ4v) is 8.61. The van der Waals surface area contributed by atoms with Crippen LogP contribution in [-0.2, 0) is 45.6 Å². The molecule has 65 heavy (non-hydrogen) atoms. The van der Waals surface area contributed by atoms with E-state index in [4.69, 9.17) is 0 Å². The number of pyridine rings is 4. The Morgan fingerprint density at radius 2 is 0.708 bits per heavy atom. The van der Waals surface area contributed by atoms with Crippen LogP contribution in [0.25, 0.3) is 56.2 Å². The molecule has 0 fully saturated rings. The normalized spacial score (nSPS) is 11.4. The van der Waals surface area contributed by atoms with Crippen molar-refractivity contribution in [2.45, 2.75) is 5.41 Å². The Balaban J connectivity index is 0.000000197. The molecule has 4 heterocycles. The quantitative estimate of drug-likeness (QED) is 0.156. The maximum absolute atomic E-state index is 4.53. The van der Waals surface area contributed by atoms with Gasteiger partial charge in [-0.25, -0.2) is 0 Å². The van der Waals surface area contributed by atoms with Crippen molar-refractivity contribution in [3.8, 4) is 56.2 Å². The first kappa shape index (κ1) is 47.2. The topological polar surface area (TPSA) is 51.6 Å². The monoisotopic (exact) mass is 1320 g/mol. The maximum Gasteiger partial charge on any atom is 0.0178 e. The molecule has 0 atom stereocenters. The molecule has 11 rings (SSSR count). The van der Waals surface area contributed by atoms with Gasteiger partial charge in [0.2, 0.25) is 0 Å². The molecule has 0 saturated heterocycles. The maximum atomic E-state index is 4.53. The largest absolute Gasteiger partial charge is 0.305 e. The molecule has 320 valence electrons. The summed E-state index contributed by atoms with van der Waals surface area (Å²) >= 11 is 7.53. The van der Waals surface area contributed by atoms with Crippen LogP contribution in [-0.4, -0.2) is 19.9 Å². The minimum absolute atomic E-state index is 0. The third kappa shape index (κ3) is 10.5. The van der Waals surface area contributed by atoms with E-state index < -0.39 is 5.41 Å². The average Bonchev–Trinajstić information content (AvgIpc) is 3.65. The number of halogens is 2. The van der Waals surface area contributed by atoms with Crippen molar-refractivity contribution in [1.29, 1.82) is 0 Å². The summed E-state index contributed by atoms with van der Waals surface area (Å²) in [6.45, 7) is 0. The number of hydrogen-bond donors (Lipinski definition) is 0. The summed E-state index contributed by atoms with van der Waals surface area (Å²) in [6, 6.07) is 78.7. The molecular weight excluding hydrogens is 1280 g/mol.